The maximum atomic E-state index is 13.4. The van der Waals surface area contributed by atoms with Crippen molar-refractivity contribution in [3.05, 3.63) is 64.4 Å². The predicted octanol–water partition coefficient (Wildman–Crippen LogP) is 3.84. The Bertz CT molecular complexity index is 1380. The van der Waals surface area contributed by atoms with Crippen LogP contribution in [0.2, 0.25) is 0 Å². The molecule has 0 aliphatic rings. The highest BCUT2D eigenvalue weighted by atomic mass is 32.2. The third kappa shape index (κ3) is 4.40. The van der Waals surface area contributed by atoms with Gasteiger partial charge in [0.05, 0.1) is 30.3 Å². The van der Waals surface area contributed by atoms with Crippen LogP contribution in [-0.2, 0) is 11.3 Å². The molecule has 2 heterocycles. The number of carbonyl (C=O) groups excluding carboxylic acids is 1. The van der Waals surface area contributed by atoms with E-state index in [0.717, 1.165) is 5.56 Å². The Kier molecular flexibility index (Phi) is 6.92. The maximum absolute atomic E-state index is 13.4. The van der Waals surface area contributed by atoms with Gasteiger partial charge in [0, 0.05) is 17.6 Å². The average molecular weight is 480 g/mol. The molecule has 2 aromatic carbocycles. The number of hydrogen-bond acceptors (Lipinski definition) is 6. The topological polar surface area (TPSA) is 81.7 Å². The number of ether oxygens (including phenoxy) is 1. The zero-order chi connectivity index (χ0) is 24.4. The minimum Gasteiger partial charge on any atom is -0.496 e. The number of fused-ring (bicyclic) bond motifs is 3. The third-order valence-corrected chi connectivity index (χ3v) is 6.64. The van der Waals surface area contributed by atoms with E-state index in [9.17, 15) is 9.59 Å². The minimum atomic E-state index is -0.153. The Morgan fingerprint density at radius 1 is 1.03 bits per heavy atom. The second-order valence-corrected chi connectivity index (χ2v) is 9.56. The summed E-state index contributed by atoms with van der Waals surface area (Å²) in [7, 11) is 1.61. The van der Waals surface area contributed by atoms with Crippen molar-refractivity contribution in [3.8, 4) is 5.75 Å². The zero-order valence-electron chi connectivity index (χ0n) is 20.1. The summed E-state index contributed by atoms with van der Waals surface area (Å²) in [6.07, 6.45) is 0. The van der Waals surface area contributed by atoms with E-state index in [4.69, 9.17) is 4.74 Å². The smallest absolute Gasteiger partial charge is 0.263 e. The lowest BCUT2D eigenvalue weighted by Crippen LogP contribution is -2.43. The first-order valence-electron chi connectivity index (χ1n) is 11.3. The van der Waals surface area contributed by atoms with Crippen molar-refractivity contribution in [1.82, 2.24) is 24.1 Å². The molecule has 4 rings (SSSR count). The fourth-order valence-corrected chi connectivity index (χ4v) is 5.16. The van der Waals surface area contributed by atoms with Crippen LogP contribution < -0.4 is 10.3 Å². The molecule has 9 heteroatoms. The summed E-state index contributed by atoms with van der Waals surface area (Å²) in [5.41, 5.74) is 1.42. The van der Waals surface area contributed by atoms with E-state index < -0.39 is 0 Å². The lowest BCUT2D eigenvalue weighted by molar-refractivity contribution is -0.131. The molecule has 0 aliphatic heterocycles. The van der Waals surface area contributed by atoms with Gasteiger partial charge in [0.25, 0.3) is 5.56 Å². The molecule has 178 valence electrons. The van der Waals surface area contributed by atoms with Gasteiger partial charge in [-0.1, -0.05) is 42.1 Å². The van der Waals surface area contributed by atoms with Gasteiger partial charge in [0.1, 0.15) is 5.75 Å². The van der Waals surface area contributed by atoms with Gasteiger partial charge >= 0.3 is 0 Å². The zero-order valence-corrected chi connectivity index (χ0v) is 20.9. The molecule has 0 unspecified atom stereocenters. The average Bonchev–Trinajstić information content (AvgIpc) is 3.24. The standard InChI is InChI=1S/C25H29N5O3S/c1-16(2)29(17(3)4)22(31)15-34-25-27-26-24-28(14-18-10-6-9-13-21(18)33-5)23(32)19-11-7-8-12-20(19)30(24)25/h6-13,16-17H,14-15H2,1-5H3. The molecular weight excluding hydrogens is 450 g/mol. The summed E-state index contributed by atoms with van der Waals surface area (Å²) in [4.78, 5) is 28.2. The van der Waals surface area contributed by atoms with E-state index in [1.165, 1.54) is 11.8 Å². The number of thioether (sulfide) groups is 1. The van der Waals surface area contributed by atoms with Crippen LogP contribution in [0.15, 0.2) is 58.5 Å². The second-order valence-electron chi connectivity index (χ2n) is 8.62. The molecule has 34 heavy (non-hydrogen) atoms. The van der Waals surface area contributed by atoms with Crippen LogP contribution in [0.25, 0.3) is 16.7 Å². The molecule has 0 aliphatic carbocycles. The van der Waals surface area contributed by atoms with Gasteiger partial charge in [0.2, 0.25) is 11.7 Å². The molecule has 0 fully saturated rings. The van der Waals surface area contributed by atoms with Crippen molar-refractivity contribution in [2.75, 3.05) is 12.9 Å². The molecule has 0 saturated heterocycles. The molecule has 0 bridgehead atoms. The van der Waals surface area contributed by atoms with Gasteiger partial charge in [-0.3, -0.25) is 18.6 Å². The number of methoxy groups -OCH3 is 1. The van der Waals surface area contributed by atoms with Crippen LogP contribution in [-0.4, -0.2) is 54.9 Å². The molecule has 2 aromatic heterocycles. The highest BCUT2D eigenvalue weighted by molar-refractivity contribution is 7.99. The van der Waals surface area contributed by atoms with Gasteiger partial charge < -0.3 is 9.64 Å². The van der Waals surface area contributed by atoms with E-state index in [1.807, 2.05) is 79.5 Å². The van der Waals surface area contributed by atoms with Crippen molar-refractivity contribution < 1.29 is 9.53 Å². The van der Waals surface area contributed by atoms with Gasteiger partial charge in [-0.25, -0.2) is 0 Å². The normalized spacial score (nSPS) is 11.6. The van der Waals surface area contributed by atoms with Gasteiger partial charge in [-0.15, -0.1) is 10.2 Å². The van der Waals surface area contributed by atoms with E-state index in [1.54, 1.807) is 17.7 Å². The second kappa shape index (κ2) is 9.89. The van der Waals surface area contributed by atoms with E-state index in [0.29, 0.717) is 27.6 Å². The van der Waals surface area contributed by atoms with Crippen LogP contribution in [0.1, 0.15) is 33.3 Å². The number of amides is 1. The van der Waals surface area contributed by atoms with Crippen LogP contribution in [0.5, 0.6) is 5.75 Å². The van der Waals surface area contributed by atoms with Crippen molar-refractivity contribution in [2.45, 2.75) is 51.5 Å². The Hall–Kier alpha value is -3.33. The Morgan fingerprint density at radius 2 is 1.71 bits per heavy atom. The predicted molar refractivity (Wildman–Crippen MR) is 135 cm³/mol. The Labute approximate surface area is 202 Å². The first kappa shape index (κ1) is 23.8. The summed E-state index contributed by atoms with van der Waals surface area (Å²) < 4.78 is 8.95. The maximum Gasteiger partial charge on any atom is 0.263 e. The van der Waals surface area contributed by atoms with Crippen LogP contribution >= 0.6 is 11.8 Å². The fraction of sp³-hybridized carbons (Fsp3) is 0.360. The monoisotopic (exact) mass is 479 g/mol. The van der Waals surface area contributed by atoms with Crippen LogP contribution in [0, 0.1) is 0 Å². The number of benzene rings is 2. The summed E-state index contributed by atoms with van der Waals surface area (Å²) in [6, 6.07) is 15.2. The molecule has 0 N–H and O–H groups in total. The summed E-state index contributed by atoms with van der Waals surface area (Å²) >= 11 is 1.33. The first-order valence-corrected chi connectivity index (χ1v) is 12.2. The van der Waals surface area contributed by atoms with E-state index >= 15 is 0 Å². The fourth-order valence-electron chi connectivity index (χ4n) is 4.35. The summed E-state index contributed by atoms with van der Waals surface area (Å²) in [5.74, 6) is 1.40. The molecule has 0 radical (unpaired) electrons. The first-order chi connectivity index (χ1) is 16.3. The number of aromatic nitrogens is 4. The molecule has 1 amide bonds. The van der Waals surface area contributed by atoms with E-state index in [-0.39, 0.29) is 35.8 Å². The molecular formula is C25H29N5O3S. The van der Waals surface area contributed by atoms with Crippen LogP contribution in [0.4, 0.5) is 0 Å². The quantitative estimate of drug-likeness (QED) is 0.357. The number of hydrogen-bond donors (Lipinski definition) is 0. The largest absolute Gasteiger partial charge is 0.496 e. The highest BCUT2D eigenvalue weighted by Crippen LogP contribution is 2.24. The lowest BCUT2D eigenvalue weighted by atomic mass is 10.2. The van der Waals surface area contributed by atoms with Crippen LogP contribution in [0.3, 0.4) is 0 Å². The number of carbonyl (C=O) groups is 1. The third-order valence-electron chi connectivity index (χ3n) is 5.72. The highest BCUT2D eigenvalue weighted by Gasteiger charge is 2.22. The number of nitrogens with zero attached hydrogens (tertiary/aromatic N) is 5. The summed E-state index contributed by atoms with van der Waals surface area (Å²) in [6.45, 7) is 8.34. The van der Waals surface area contributed by atoms with Crippen molar-refractivity contribution in [3.63, 3.8) is 0 Å². The molecule has 0 saturated carbocycles. The SMILES string of the molecule is COc1ccccc1Cn1c(=O)c2ccccc2n2c(SCC(=O)N(C(C)C)C(C)C)nnc12. The number of rotatable bonds is 8. The molecule has 4 aromatic rings. The Morgan fingerprint density at radius 3 is 2.41 bits per heavy atom. The van der Waals surface area contributed by atoms with Crippen molar-refractivity contribution >= 4 is 34.3 Å². The van der Waals surface area contributed by atoms with Gasteiger partial charge in [-0.2, -0.15) is 0 Å². The Balaban J connectivity index is 1.79. The molecule has 0 spiro atoms. The molecule has 0 atom stereocenters. The molecule has 8 nitrogen and oxygen atoms in total. The van der Waals surface area contributed by atoms with Crippen molar-refractivity contribution in [2.24, 2.45) is 0 Å². The summed E-state index contributed by atoms with van der Waals surface area (Å²) in [5, 5.41) is 9.86. The minimum absolute atomic E-state index is 0.0402. The number of para-hydroxylation sites is 2. The van der Waals surface area contributed by atoms with Crippen molar-refractivity contribution in [1.29, 1.82) is 0 Å². The van der Waals surface area contributed by atoms with Gasteiger partial charge in [-0.05, 0) is 45.9 Å². The van der Waals surface area contributed by atoms with E-state index in [2.05, 4.69) is 10.2 Å². The van der Waals surface area contributed by atoms with Gasteiger partial charge in [0.15, 0.2) is 5.16 Å². The lowest BCUT2D eigenvalue weighted by Gasteiger charge is -2.30.